The highest BCUT2D eigenvalue weighted by molar-refractivity contribution is 6.07. The van der Waals surface area contributed by atoms with Crippen LogP contribution in [0, 0.1) is 22.7 Å². The third-order valence-electron chi connectivity index (χ3n) is 2.67. The molecule has 2 rings (SSSR count). The van der Waals surface area contributed by atoms with Gasteiger partial charge in [-0.1, -0.05) is 24.3 Å². The SMILES string of the molecule is COC(=O)c1c(C#N)c(C#N)cc2ccccc12. The van der Waals surface area contributed by atoms with Crippen molar-refractivity contribution in [3.05, 3.63) is 47.0 Å². The van der Waals surface area contributed by atoms with Gasteiger partial charge in [-0.15, -0.1) is 0 Å². The number of nitrogens with zero attached hydrogens (tertiary/aromatic N) is 2. The Morgan fingerprint density at radius 1 is 1.22 bits per heavy atom. The molecule has 2 aromatic rings. The van der Waals surface area contributed by atoms with Crippen molar-refractivity contribution >= 4 is 16.7 Å². The molecular formula is C14H8N2O2. The summed E-state index contributed by atoms with van der Waals surface area (Å²) in [5.41, 5.74) is 0.384. The standard InChI is InChI=1S/C14H8N2O2/c1-18-14(17)13-11-5-3-2-4-9(11)6-10(7-15)12(13)8-16/h2-6H,1H3. The third kappa shape index (κ3) is 1.66. The molecule has 0 aliphatic carbocycles. The van der Waals surface area contributed by atoms with Crippen molar-refractivity contribution < 1.29 is 9.53 Å². The van der Waals surface area contributed by atoms with Crippen LogP contribution in [0.5, 0.6) is 0 Å². The van der Waals surface area contributed by atoms with E-state index in [2.05, 4.69) is 4.74 Å². The van der Waals surface area contributed by atoms with Crippen LogP contribution in [0.3, 0.4) is 0 Å². The molecule has 0 bridgehead atoms. The van der Waals surface area contributed by atoms with Gasteiger partial charge in [-0.05, 0) is 16.8 Å². The number of carbonyl (C=O) groups is 1. The number of fused-ring (bicyclic) bond motifs is 1. The molecule has 0 fully saturated rings. The van der Waals surface area contributed by atoms with Crippen molar-refractivity contribution in [1.82, 2.24) is 0 Å². The molecule has 0 heterocycles. The number of ether oxygens (including phenoxy) is 1. The largest absolute Gasteiger partial charge is 0.465 e. The fourth-order valence-electron chi connectivity index (χ4n) is 1.87. The summed E-state index contributed by atoms with van der Waals surface area (Å²) in [5, 5.41) is 19.5. The first kappa shape index (κ1) is 11.6. The van der Waals surface area contributed by atoms with Crippen LogP contribution < -0.4 is 0 Å². The molecule has 4 nitrogen and oxygen atoms in total. The summed E-state index contributed by atoms with van der Waals surface area (Å²) in [4.78, 5) is 11.8. The van der Waals surface area contributed by atoms with Gasteiger partial charge >= 0.3 is 5.97 Å². The van der Waals surface area contributed by atoms with Gasteiger partial charge in [0.25, 0.3) is 0 Å². The Labute approximate surface area is 104 Å². The molecule has 2 aromatic carbocycles. The van der Waals surface area contributed by atoms with Crippen LogP contribution in [0.2, 0.25) is 0 Å². The van der Waals surface area contributed by atoms with E-state index in [0.29, 0.717) is 5.39 Å². The van der Waals surface area contributed by atoms with Crippen molar-refractivity contribution in [2.45, 2.75) is 0 Å². The van der Waals surface area contributed by atoms with E-state index in [0.717, 1.165) is 5.39 Å². The van der Waals surface area contributed by atoms with E-state index >= 15 is 0 Å². The Bertz CT molecular complexity index is 721. The molecule has 0 aromatic heterocycles. The van der Waals surface area contributed by atoms with Crippen molar-refractivity contribution in [1.29, 1.82) is 10.5 Å². The molecule has 4 heteroatoms. The average Bonchev–Trinajstić information content (AvgIpc) is 2.44. The number of carbonyl (C=O) groups excluding carboxylic acids is 1. The van der Waals surface area contributed by atoms with Crippen LogP contribution >= 0.6 is 0 Å². The summed E-state index contributed by atoms with van der Waals surface area (Å²) in [7, 11) is 1.25. The topological polar surface area (TPSA) is 73.9 Å². The summed E-state index contributed by atoms with van der Waals surface area (Å²) < 4.78 is 4.69. The smallest absolute Gasteiger partial charge is 0.339 e. The number of methoxy groups -OCH3 is 1. The Hall–Kier alpha value is -2.85. The summed E-state index contributed by atoms with van der Waals surface area (Å²) >= 11 is 0. The number of esters is 1. The van der Waals surface area contributed by atoms with Crippen LogP contribution in [-0.2, 0) is 4.74 Å². The highest BCUT2D eigenvalue weighted by Crippen LogP contribution is 2.26. The van der Waals surface area contributed by atoms with Gasteiger partial charge in [0, 0.05) is 0 Å². The first-order valence-electron chi connectivity index (χ1n) is 5.17. The van der Waals surface area contributed by atoms with E-state index in [1.807, 2.05) is 12.1 Å². The maximum atomic E-state index is 11.8. The van der Waals surface area contributed by atoms with Gasteiger partial charge in [0.1, 0.15) is 12.1 Å². The van der Waals surface area contributed by atoms with Gasteiger partial charge in [-0.25, -0.2) is 4.79 Å². The molecule has 0 saturated carbocycles. The minimum atomic E-state index is -0.611. The molecule has 0 atom stereocenters. The maximum Gasteiger partial charge on any atom is 0.339 e. The zero-order valence-electron chi connectivity index (χ0n) is 9.60. The van der Waals surface area contributed by atoms with Crippen molar-refractivity contribution in [2.75, 3.05) is 7.11 Å². The zero-order chi connectivity index (χ0) is 13.1. The van der Waals surface area contributed by atoms with E-state index in [1.54, 1.807) is 30.3 Å². The molecule has 0 N–H and O–H groups in total. The monoisotopic (exact) mass is 236 g/mol. The van der Waals surface area contributed by atoms with Crippen molar-refractivity contribution in [2.24, 2.45) is 0 Å². The fourth-order valence-corrected chi connectivity index (χ4v) is 1.87. The van der Waals surface area contributed by atoms with Crippen LogP contribution in [0.1, 0.15) is 21.5 Å². The zero-order valence-corrected chi connectivity index (χ0v) is 9.60. The lowest BCUT2D eigenvalue weighted by Gasteiger charge is -2.08. The predicted octanol–water partition coefficient (Wildman–Crippen LogP) is 2.37. The van der Waals surface area contributed by atoms with E-state index in [1.165, 1.54) is 7.11 Å². The predicted molar refractivity (Wildman–Crippen MR) is 64.7 cm³/mol. The Kier molecular flexibility index (Phi) is 2.95. The van der Waals surface area contributed by atoms with E-state index in [4.69, 9.17) is 10.5 Å². The summed E-state index contributed by atoms with van der Waals surface area (Å²) in [5.74, 6) is -0.611. The highest BCUT2D eigenvalue weighted by Gasteiger charge is 2.19. The van der Waals surface area contributed by atoms with Gasteiger partial charge in [-0.3, -0.25) is 0 Å². The second-order valence-electron chi connectivity index (χ2n) is 3.61. The normalized spacial score (nSPS) is 9.50. The summed E-state index contributed by atoms with van der Waals surface area (Å²) in [6.45, 7) is 0. The first-order valence-corrected chi connectivity index (χ1v) is 5.17. The Balaban J connectivity index is 2.98. The molecule has 0 spiro atoms. The van der Waals surface area contributed by atoms with Crippen LogP contribution in [0.4, 0.5) is 0 Å². The number of nitriles is 2. The molecule has 0 radical (unpaired) electrons. The van der Waals surface area contributed by atoms with Gasteiger partial charge in [-0.2, -0.15) is 10.5 Å². The van der Waals surface area contributed by atoms with E-state index in [-0.39, 0.29) is 16.7 Å². The fraction of sp³-hybridized carbons (Fsp3) is 0.0714. The number of benzene rings is 2. The lowest BCUT2D eigenvalue weighted by atomic mass is 9.95. The number of rotatable bonds is 1. The van der Waals surface area contributed by atoms with Gasteiger partial charge < -0.3 is 4.74 Å². The lowest BCUT2D eigenvalue weighted by molar-refractivity contribution is 0.0602. The summed E-state index contributed by atoms with van der Waals surface area (Å²) in [6.07, 6.45) is 0. The van der Waals surface area contributed by atoms with E-state index < -0.39 is 5.97 Å². The van der Waals surface area contributed by atoms with Crippen molar-refractivity contribution in [3.8, 4) is 12.1 Å². The van der Waals surface area contributed by atoms with Gasteiger partial charge in [0.05, 0.1) is 23.8 Å². The second-order valence-corrected chi connectivity index (χ2v) is 3.61. The Morgan fingerprint density at radius 2 is 1.94 bits per heavy atom. The minimum absolute atomic E-state index is 0.0584. The highest BCUT2D eigenvalue weighted by atomic mass is 16.5. The average molecular weight is 236 g/mol. The first-order chi connectivity index (χ1) is 8.72. The Morgan fingerprint density at radius 3 is 2.56 bits per heavy atom. The van der Waals surface area contributed by atoms with E-state index in [9.17, 15) is 4.79 Å². The molecule has 18 heavy (non-hydrogen) atoms. The molecule has 0 saturated heterocycles. The molecule has 0 aliphatic heterocycles. The molecule has 0 unspecified atom stereocenters. The molecule has 86 valence electrons. The van der Waals surface area contributed by atoms with Crippen LogP contribution in [0.15, 0.2) is 30.3 Å². The van der Waals surface area contributed by atoms with Crippen LogP contribution in [-0.4, -0.2) is 13.1 Å². The maximum absolute atomic E-state index is 11.8. The van der Waals surface area contributed by atoms with Crippen LogP contribution in [0.25, 0.3) is 10.8 Å². The minimum Gasteiger partial charge on any atom is -0.465 e. The van der Waals surface area contributed by atoms with Gasteiger partial charge in [0.2, 0.25) is 0 Å². The van der Waals surface area contributed by atoms with Gasteiger partial charge in [0.15, 0.2) is 0 Å². The lowest BCUT2D eigenvalue weighted by Crippen LogP contribution is -2.07. The quantitative estimate of drug-likeness (QED) is 0.712. The third-order valence-corrected chi connectivity index (χ3v) is 2.67. The second kappa shape index (κ2) is 4.57. The number of hydrogen-bond acceptors (Lipinski definition) is 4. The summed E-state index contributed by atoms with van der Waals surface area (Å²) in [6, 6.07) is 12.5. The number of hydrogen-bond donors (Lipinski definition) is 0. The molecule has 0 aliphatic rings. The molecular weight excluding hydrogens is 228 g/mol. The molecule has 0 amide bonds. The van der Waals surface area contributed by atoms with Crippen molar-refractivity contribution in [3.63, 3.8) is 0 Å².